The maximum Gasteiger partial charge on any atom is 0.287 e. The van der Waals surface area contributed by atoms with Crippen LogP contribution in [0.25, 0.3) is 0 Å². The van der Waals surface area contributed by atoms with Crippen molar-refractivity contribution >= 4 is 53.7 Å². The Kier molecular flexibility index (Phi) is 5.73. The standard InChI is InChI=1S/C11H10Br3N5O2/c12-6-3-7(13)10(8(14)4-6)21-2-1-19-5-9(17-18-19)11(20)16-15/h3-5H,1-2,15H2,(H,16,20). The van der Waals surface area contributed by atoms with Crippen molar-refractivity contribution < 1.29 is 9.53 Å². The molecule has 0 aliphatic carbocycles. The number of benzene rings is 1. The second-order valence-electron chi connectivity index (χ2n) is 3.89. The number of nitrogens with two attached hydrogens (primary N) is 1. The number of rotatable bonds is 5. The maximum atomic E-state index is 11.2. The number of ether oxygens (including phenoxy) is 1. The van der Waals surface area contributed by atoms with Gasteiger partial charge in [0.15, 0.2) is 5.69 Å². The number of halogens is 3. The van der Waals surface area contributed by atoms with Gasteiger partial charge < -0.3 is 4.74 Å². The number of nitrogens with zero attached hydrogens (tertiary/aromatic N) is 3. The van der Waals surface area contributed by atoms with E-state index in [1.54, 1.807) is 0 Å². The monoisotopic (exact) mass is 481 g/mol. The molecule has 0 saturated heterocycles. The summed E-state index contributed by atoms with van der Waals surface area (Å²) < 4.78 is 9.78. The molecule has 0 aliphatic rings. The highest BCUT2D eigenvalue weighted by Crippen LogP contribution is 2.36. The Hall–Kier alpha value is -0.970. The van der Waals surface area contributed by atoms with Gasteiger partial charge in [0.1, 0.15) is 12.4 Å². The third kappa shape index (κ3) is 4.25. The Morgan fingerprint density at radius 2 is 2.00 bits per heavy atom. The predicted octanol–water partition coefficient (Wildman–Crippen LogP) is 2.25. The van der Waals surface area contributed by atoms with Crippen LogP contribution in [-0.2, 0) is 6.54 Å². The molecular weight excluding hydrogens is 474 g/mol. The van der Waals surface area contributed by atoms with Gasteiger partial charge in [0.25, 0.3) is 5.91 Å². The van der Waals surface area contributed by atoms with Gasteiger partial charge in [0.2, 0.25) is 0 Å². The first-order valence-electron chi connectivity index (χ1n) is 5.69. The molecule has 0 radical (unpaired) electrons. The number of carbonyl (C=O) groups excluding carboxylic acids is 1. The van der Waals surface area contributed by atoms with Crippen LogP contribution in [0.15, 0.2) is 31.7 Å². The number of nitrogen functional groups attached to an aromatic ring is 1. The van der Waals surface area contributed by atoms with Crippen LogP contribution in [0.2, 0.25) is 0 Å². The number of hydrogen-bond acceptors (Lipinski definition) is 5. The summed E-state index contributed by atoms with van der Waals surface area (Å²) in [5.41, 5.74) is 2.15. The summed E-state index contributed by atoms with van der Waals surface area (Å²) in [6.45, 7) is 0.811. The van der Waals surface area contributed by atoms with Crippen molar-refractivity contribution in [2.24, 2.45) is 5.84 Å². The number of hydrogen-bond donors (Lipinski definition) is 2. The molecule has 10 heteroatoms. The normalized spacial score (nSPS) is 10.5. The Balaban J connectivity index is 1.96. The van der Waals surface area contributed by atoms with Gasteiger partial charge in [-0.15, -0.1) is 5.10 Å². The Morgan fingerprint density at radius 1 is 1.33 bits per heavy atom. The van der Waals surface area contributed by atoms with E-state index in [9.17, 15) is 4.79 Å². The lowest BCUT2D eigenvalue weighted by molar-refractivity contribution is 0.0948. The van der Waals surface area contributed by atoms with Crippen molar-refractivity contribution in [1.82, 2.24) is 20.4 Å². The lowest BCUT2D eigenvalue weighted by Gasteiger charge is -2.10. The van der Waals surface area contributed by atoms with E-state index >= 15 is 0 Å². The molecule has 0 unspecified atom stereocenters. The molecule has 21 heavy (non-hydrogen) atoms. The third-order valence-corrected chi connectivity index (χ3v) is 4.07. The molecule has 1 aromatic carbocycles. The molecule has 0 aliphatic heterocycles. The van der Waals surface area contributed by atoms with Gasteiger partial charge in [-0.05, 0) is 44.0 Å². The summed E-state index contributed by atoms with van der Waals surface area (Å²) in [6, 6.07) is 3.78. The molecule has 3 N–H and O–H groups in total. The molecule has 1 aromatic heterocycles. The number of nitrogens with one attached hydrogen (secondary N) is 1. The predicted molar refractivity (Wildman–Crippen MR) is 86.7 cm³/mol. The van der Waals surface area contributed by atoms with Crippen LogP contribution < -0.4 is 16.0 Å². The van der Waals surface area contributed by atoms with Gasteiger partial charge in [-0.1, -0.05) is 21.1 Å². The van der Waals surface area contributed by atoms with Crippen LogP contribution >= 0.6 is 47.8 Å². The highest BCUT2D eigenvalue weighted by atomic mass is 79.9. The van der Waals surface area contributed by atoms with Crippen LogP contribution in [0.5, 0.6) is 5.75 Å². The molecule has 0 atom stereocenters. The number of aromatic nitrogens is 3. The van der Waals surface area contributed by atoms with E-state index in [2.05, 4.69) is 58.1 Å². The quantitative estimate of drug-likeness (QED) is 0.386. The number of carbonyl (C=O) groups is 1. The molecule has 0 bridgehead atoms. The minimum Gasteiger partial charge on any atom is -0.489 e. The summed E-state index contributed by atoms with van der Waals surface area (Å²) in [4.78, 5) is 11.2. The van der Waals surface area contributed by atoms with E-state index in [4.69, 9.17) is 10.6 Å². The Morgan fingerprint density at radius 3 is 2.62 bits per heavy atom. The van der Waals surface area contributed by atoms with Crippen molar-refractivity contribution in [3.8, 4) is 5.75 Å². The van der Waals surface area contributed by atoms with Gasteiger partial charge in [0, 0.05) is 4.47 Å². The van der Waals surface area contributed by atoms with Crippen LogP contribution in [0.1, 0.15) is 10.5 Å². The highest BCUT2D eigenvalue weighted by molar-refractivity contribution is 9.11. The average molecular weight is 484 g/mol. The molecule has 0 fully saturated rings. The summed E-state index contributed by atoms with van der Waals surface area (Å²) in [5, 5.41) is 7.51. The van der Waals surface area contributed by atoms with Crippen molar-refractivity contribution in [3.63, 3.8) is 0 Å². The first kappa shape index (κ1) is 16.4. The summed E-state index contributed by atoms with van der Waals surface area (Å²) >= 11 is 10.2. The molecule has 1 amide bonds. The van der Waals surface area contributed by atoms with E-state index in [-0.39, 0.29) is 5.69 Å². The molecule has 112 valence electrons. The van der Waals surface area contributed by atoms with E-state index in [1.807, 2.05) is 17.6 Å². The van der Waals surface area contributed by atoms with Gasteiger partial charge >= 0.3 is 0 Å². The molecule has 2 aromatic rings. The summed E-state index contributed by atoms with van der Waals surface area (Å²) in [6.07, 6.45) is 1.50. The topological polar surface area (TPSA) is 95.1 Å². The van der Waals surface area contributed by atoms with Crippen LogP contribution in [0, 0.1) is 0 Å². The zero-order valence-corrected chi connectivity index (χ0v) is 15.3. The number of hydrazine groups is 1. The fourth-order valence-corrected chi connectivity index (χ4v) is 3.98. The van der Waals surface area contributed by atoms with Gasteiger partial charge in [-0.2, -0.15) is 0 Å². The fourth-order valence-electron chi connectivity index (χ4n) is 1.49. The maximum absolute atomic E-state index is 11.2. The lowest BCUT2D eigenvalue weighted by Crippen LogP contribution is -2.30. The first-order valence-corrected chi connectivity index (χ1v) is 8.07. The molecule has 0 spiro atoms. The Bertz CT molecular complexity index is 638. The van der Waals surface area contributed by atoms with Crippen LogP contribution in [-0.4, -0.2) is 27.5 Å². The zero-order chi connectivity index (χ0) is 15.4. The van der Waals surface area contributed by atoms with Crippen molar-refractivity contribution in [2.75, 3.05) is 6.61 Å². The van der Waals surface area contributed by atoms with Crippen molar-refractivity contribution in [2.45, 2.75) is 6.54 Å². The van der Waals surface area contributed by atoms with Crippen molar-refractivity contribution in [3.05, 3.63) is 37.4 Å². The summed E-state index contributed by atoms with van der Waals surface area (Å²) in [5.74, 6) is 5.23. The van der Waals surface area contributed by atoms with Gasteiger partial charge in [-0.25, -0.2) is 10.5 Å². The number of amides is 1. The minimum atomic E-state index is -0.486. The minimum absolute atomic E-state index is 0.156. The average Bonchev–Trinajstić information content (AvgIpc) is 2.89. The highest BCUT2D eigenvalue weighted by Gasteiger charge is 2.10. The van der Waals surface area contributed by atoms with E-state index in [0.29, 0.717) is 18.9 Å². The van der Waals surface area contributed by atoms with Gasteiger partial charge in [0.05, 0.1) is 21.7 Å². The second kappa shape index (κ2) is 7.34. The van der Waals surface area contributed by atoms with E-state index < -0.39 is 5.91 Å². The van der Waals surface area contributed by atoms with E-state index in [0.717, 1.165) is 13.4 Å². The second-order valence-corrected chi connectivity index (χ2v) is 6.51. The Labute approximate surface area is 145 Å². The molecular formula is C11H10Br3N5O2. The van der Waals surface area contributed by atoms with Crippen LogP contribution in [0.4, 0.5) is 0 Å². The van der Waals surface area contributed by atoms with E-state index in [1.165, 1.54) is 10.9 Å². The largest absolute Gasteiger partial charge is 0.489 e. The zero-order valence-electron chi connectivity index (χ0n) is 10.5. The van der Waals surface area contributed by atoms with Gasteiger partial charge in [-0.3, -0.25) is 10.2 Å². The smallest absolute Gasteiger partial charge is 0.287 e. The first-order chi connectivity index (χ1) is 10.0. The SMILES string of the molecule is NNC(=O)c1cn(CCOc2c(Br)cc(Br)cc2Br)nn1. The molecule has 0 saturated carbocycles. The van der Waals surface area contributed by atoms with Crippen molar-refractivity contribution in [1.29, 1.82) is 0 Å². The summed E-state index contributed by atoms with van der Waals surface area (Å²) in [7, 11) is 0. The van der Waals surface area contributed by atoms with Crippen LogP contribution in [0.3, 0.4) is 0 Å². The molecule has 7 nitrogen and oxygen atoms in total. The third-order valence-electron chi connectivity index (χ3n) is 2.43. The lowest BCUT2D eigenvalue weighted by atomic mass is 10.3. The molecule has 1 heterocycles. The fraction of sp³-hybridized carbons (Fsp3) is 0.182. The molecule has 2 rings (SSSR count).